The number of hydrogen-bond donors (Lipinski definition) is 5. The summed E-state index contributed by atoms with van der Waals surface area (Å²) >= 11 is 11.9. The van der Waals surface area contributed by atoms with Crippen LogP contribution in [0, 0.1) is 0 Å². The number of aromatic amines is 1. The second kappa shape index (κ2) is 10.0. The number of rotatable bonds is 4. The van der Waals surface area contributed by atoms with Crippen molar-refractivity contribution in [2.75, 3.05) is 25.0 Å². The Labute approximate surface area is 188 Å². The fourth-order valence-corrected chi connectivity index (χ4v) is 4.11. The number of aromatic nitrogens is 1. The standard InChI is InChI=1S/C20H19Cl2N3O3.CH2O2/c21-11-1-3-15-14(7-11)13-5-6-25(17(10-26)20(13)24-15)9-19(28)23-16-4-2-12(22)8-18(16)27;2-1-3/h1-4,7-8,17,24,26-27H,5-6,9-10H2,(H,23,28);1H,(H,2,3). The Morgan fingerprint density at radius 3 is 2.58 bits per heavy atom. The molecule has 4 rings (SSSR count). The number of nitrogens with one attached hydrogen (secondary N) is 2. The Morgan fingerprint density at radius 2 is 1.90 bits per heavy atom. The van der Waals surface area contributed by atoms with E-state index in [1.54, 1.807) is 12.1 Å². The summed E-state index contributed by atoms with van der Waals surface area (Å²) in [6.07, 6.45) is 0.742. The lowest BCUT2D eigenvalue weighted by Crippen LogP contribution is -2.42. The molecule has 0 fully saturated rings. The summed E-state index contributed by atoms with van der Waals surface area (Å²) in [5.41, 5.74) is 3.30. The number of carboxylic acid groups (broad SMARTS) is 1. The van der Waals surface area contributed by atoms with Crippen molar-refractivity contribution in [3.63, 3.8) is 0 Å². The minimum absolute atomic E-state index is 0.0862. The predicted molar refractivity (Wildman–Crippen MR) is 119 cm³/mol. The predicted octanol–water partition coefficient (Wildman–Crippen LogP) is 3.41. The summed E-state index contributed by atoms with van der Waals surface area (Å²) in [5, 5.41) is 31.6. The first-order valence-corrected chi connectivity index (χ1v) is 10.1. The van der Waals surface area contributed by atoms with Gasteiger partial charge in [-0.15, -0.1) is 0 Å². The van der Waals surface area contributed by atoms with Gasteiger partial charge < -0.3 is 25.6 Å². The van der Waals surface area contributed by atoms with Crippen molar-refractivity contribution < 1.29 is 24.9 Å². The van der Waals surface area contributed by atoms with Crippen molar-refractivity contribution >= 4 is 52.2 Å². The average Bonchev–Trinajstić information content (AvgIpc) is 3.08. The molecule has 0 saturated carbocycles. The van der Waals surface area contributed by atoms with Gasteiger partial charge in [-0.05, 0) is 42.3 Å². The minimum Gasteiger partial charge on any atom is -0.506 e. The number of hydrogen-bond acceptors (Lipinski definition) is 5. The number of aliphatic hydroxyl groups is 1. The Hall–Kier alpha value is -2.78. The Bertz CT molecular complexity index is 1100. The number of carbonyl (C=O) groups excluding carboxylic acids is 1. The van der Waals surface area contributed by atoms with Crippen molar-refractivity contribution in [1.82, 2.24) is 9.88 Å². The van der Waals surface area contributed by atoms with Gasteiger partial charge in [0.15, 0.2) is 0 Å². The third-order valence-corrected chi connectivity index (χ3v) is 5.55. The fraction of sp³-hybridized carbons (Fsp3) is 0.238. The first-order chi connectivity index (χ1) is 14.9. The number of anilines is 1. The van der Waals surface area contributed by atoms with E-state index in [4.69, 9.17) is 33.1 Å². The second-order valence-electron chi connectivity index (χ2n) is 6.94. The van der Waals surface area contributed by atoms with Crippen LogP contribution in [0.3, 0.4) is 0 Å². The van der Waals surface area contributed by atoms with Gasteiger partial charge >= 0.3 is 0 Å². The summed E-state index contributed by atoms with van der Waals surface area (Å²) < 4.78 is 0. The number of benzene rings is 2. The largest absolute Gasteiger partial charge is 0.506 e. The van der Waals surface area contributed by atoms with E-state index in [0.717, 1.165) is 28.6 Å². The maximum Gasteiger partial charge on any atom is 0.290 e. The van der Waals surface area contributed by atoms with E-state index in [1.807, 2.05) is 23.1 Å². The molecule has 2 heterocycles. The van der Waals surface area contributed by atoms with E-state index in [0.29, 0.717) is 22.3 Å². The fourth-order valence-electron chi connectivity index (χ4n) is 3.77. The third-order valence-electron chi connectivity index (χ3n) is 5.08. The highest BCUT2D eigenvalue weighted by Gasteiger charge is 2.31. The van der Waals surface area contributed by atoms with Gasteiger partial charge in [0, 0.05) is 39.3 Å². The zero-order valence-electron chi connectivity index (χ0n) is 16.3. The van der Waals surface area contributed by atoms with Crippen molar-refractivity contribution in [2.24, 2.45) is 0 Å². The van der Waals surface area contributed by atoms with Gasteiger partial charge in [-0.1, -0.05) is 23.2 Å². The van der Waals surface area contributed by atoms with Gasteiger partial charge in [0.1, 0.15) is 5.75 Å². The van der Waals surface area contributed by atoms with Gasteiger partial charge in [0.05, 0.1) is 24.9 Å². The number of fused-ring (bicyclic) bond motifs is 3. The molecule has 8 nitrogen and oxygen atoms in total. The summed E-state index contributed by atoms with van der Waals surface area (Å²) in [6, 6.07) is 9.86. The maximum absolute atomic E-state index is 12.5. The smallest absolute Gasteiger partial charge is 0.290 e. The molecule has 164 valence electrons. The summed E-state index contributed by atoms with van der Waals surface area (Å²) in [4.78, 5) is 26.1. The average molecular weight is 466 g/mol. The van der Waals surface area contributed by atoms with Crippen molar-refractivity contribution in [3.05, 3.63) is 57.7 Å². The van der Waals surface area contributed by atoms with E-state index in [2.05, 4.69) is 10.3 Å². The van der Waals surface area contributed by atoms with Gasteiger partial charge in [0.25, 0.3) is 6.47 Å². The summed E-state index contributed by atoms with van der Waals surface area (Å²) in [5.74, 6) is -0.369. The molecule has 1 aromatic heterocycles. The van der Waals surface area contributed by atoms with Crippen LogP contribution in [-0.4, -0.2) is 57.3 Å². The molecule has 1 atom stereocenters. The first kappa shape index (κ1) is 22.9. The quantitative estimate of drug-likeness (QED) is 0.296. The van der Waals surface area contributed by atoms with Crippen molar-refractivity contribution in [1.29, 1.82) is 0 Å². The Balaban J connectivity index is 0.000000858. The molecule has 1 aliphatic rings. The van der Waals surface area contributed by atoms with Crippen LogP contribution in [-0.2, 0) is 16.0 Å². The lowest BCUT2D eigenvalue weighted by Gasteiger charge is -2.34. The Kier molecular flexibility index (Phi) is 7.40. The van der Waals surface area contributed by atoms with Crippen LogP contribution < -0.4 is 5.32 Å². The molecule has 5 N–H and O–H groups in total. The van der Waals surface area contributed by atoms with Gasteiger partial charge in [-0.25, -0.2) is 0 Å². The van der Waals surface area contributed by atoms with Crippen LogP contribution in [0.25, 0.3) is 10.9 Å². The SMILES string of the molecule is O=C(CN1CCc2c([nH]c3ccc(Cl)cc23)C1CO)Nc1ccc(Cl)cc1O.O=CO. The van der Waals surface area contributed by atoms with E-state index < -0.39 is 0 Å². The molecule has 0 bridgehead atoms. The summed E-state index contributed by atoms with van der Waals surface area (Å²) in [7, 11) is 0. The molecule has 3 aromatic rings. The molecule has 10 heteroatoms. The van der Waals surface area contributed by atoms with Gasteiger partial charge in [-0.2, -0.15) is 0 Å². The maximum atomic E-state index is 12.5. The van der Waals surface area contributed by atoms with Crippen LogP contribution >= 0.6 is 23.2 Å². The number of carbonyl (C=O) groups is 2. The van der Waals surface area contributed by atoms with E-state index in [1.165, 1.54) is 6.07 Å². The monoisotopic (exact) mass is 465 g/mol. The first-order valence-electron chi connectivity index (χ1n) is 9.39. The molecule has 0 spiro atoms. The molecule has 31 heavy (non-hydrogen) atoms. The van der Waals surface area contributed by atoms with Crippen LogP contribution in [0.15, 0.2) is 36.4 Å². The number of nitrogens with zero attached hydrogens (tertiary/aromatic N) is 1. The number of halogens is 2. The molecule has 0 radical (unpaired) electrons. The lowest BCUT2D eigenvalue weighted by atomic mass is 9.97. The van der Waals surface area contributed by atoms with Crippen LogP contribution in [0.5, 0.6) is 5.75 Å². The molecular weight excluding hydrogens is 445 g/mol. The molecular formula is C21H21Cl2N3O5. The number of phenolic OH excluding ortho intramolecular Hbond substituents is 1. The molecule has 1 unspecified atom stereocenters. The number of aromatic hydroxyl groups is 1. The molecule has 1 amide bonds. The highest BCUT2D eigenvalue weighted by molar-refractivity contribution is 6.31. The van der Waals surface area contributed by atoms with Crippen molar-refractivity contribution in [2.45, 2.75) is 12.5 Å². The molecule has 0 aliphatic carbocycles. The second-order valence-corrected chi connectivity index (χ2v) is 7.81. The highest BCUT2D eigenvalue weighted by atomic mass is 35.5. The zero-order valence-corrected chi connectivity index (χ0v) is 17.8. The van der Waals surface area contributed by atoms with E-state index in [-0.39, 0.29) is 37.3 Å². The minimum atomic E-state index is -0.320. The zero-order chi connectivity index (χ0) is 22.5. The topological polar surface area (TPSA) is 126 Å². The highest BCUT2D eigenvalue weighted by Crippen LogP contribution is 2.35. The third kappa shape index (κ3) is 5.11. The number of phenols is 1. The number of aliphatic hydroxyl groups excluding tert-OH is 1. The van der Waals surface area contributed by atoms with Gasteiger partial charge in [-0.3, -0.25) is 14.5 Å². The van der Waals surface area contributed by atoms with Crippen LogP contribution in [0.2, 0.25) is 10.0 Å². The normalized spacial score (nSPS) is 15.6. The molecule has 0 saturated heterocycles. The molecule has 1 aliphatic heterocycles. The van der Waals surface area contributed by atoms with Crippen LogP contribution in [0.4, 0.5) is 5.69 Å². The Morgan fingerprint density at radius 1 is 1.23 bits per heavy atom. The van der Waals surface area contributed by atoms with Crippen LogP contribution in [0.1, 0.15) is 17.3 Å². The van der Waals surface area contributed by atoms with E-state index in [9.17, 15) is 15.0 Å². The van der Waals surface area contributed by atoms with Gasteiger partial charge in [0.2, 0.25) is 5.91 Å². The lowest BCUT2D eigenvalue weighted by molar-refractivity contribution is -0.123. The molecule has 2 aromatic carbocycles. The van der Waals surface area contributed by atoms with E-state index >= 15 is 0 Å². The number of amides is 1. The van der Waals surface area contributed by atoms with Crippen molar-refractivity contribution in [3.8, 4) is 5.75 Å². The summed E-state index contributed by atoms with van der Waals surface area (Å²) in [6.45, 7) is 0.341. The number of H-pyrrole nitrogens is 1.